The molecule has 7 nitrogen and oxygen atoms in total. The van der Waals surface area contributed by atoms with Crippen LogP contribution < -0.4 is 16.2 Å². The fourth-order valence-corrected chi connectivity index (χ4v) is 3.54. The van der Waals surface area contributed by atoms with Crippen molar-refractivity contribution in [3.8, 4) is 5.75 Å². The van der Waals surface area contributed by atoms with Crippen molar-refractivity contribution >= 4 is 22.4 Å². The van der Waals surface area contributed by atoms with Gasteiger partial charge in [0.25, 0.3) is 0 Å². The number of hydrogen-bond donors (Lipinski definition) is 4. The first-order valence-electron chi connectivity index (χ1n) is 8.00. The zero-order valence-electron chi connectivity index (χ0n) is 13.7. The second-order valence-corrected chi connectivity index (χ2v) is 6.99. The van der Waals surface area contributed by atoms with Gasteiger partial charge < -0.3 is 5.11 Å². The first kappa shape index (κ1) is 16.8. The molecule has 0 radical (unpaired) electrons. The summed E-state index contributed by atoms with van der Waals surface area (Å²) in [5, 5.41) is 22.4. The van der Waals surface area contributed by atoms with Crippen molar-refractivity contribution in [3.63, 3.8) is 0 Å². The molecule has 2 unspecified atom stereocenters. The molecule has 1 amide bonds. The molecule has 3 rings (SSSR count). The summed E-state index contributed by atoms with van der Waals surface area (Å²) in [5.41, 5.74) is 7.83. The quantitative estimate of drug-likeness (QED) is 0.661. The molecule has 128 valence electrons. The minimum Gasteiger partial charge on any atom is -0.508 e. The maximum Gasteiger partial charge on any atom is 0.244 e. The predicted molar refractivity (Wildman–Crippen MR) is 92.8 cm³/mol. The third-order valence-corrected chi connectivity index (χ3v) is 4.84. The van der Waals surface area contributed by atoms with E-state index in [1.807, 2.05) is 19.1 Å². The first-order chi connectivity index (χ1) is 11.6. The lowest BCUT2D eigenvalue weighted by Gasteiger charge is -2.12. The van der Waals surface area contributed by atoms with E-state index in [0.29, 0.717) is 11.6 Å². The van der Waals surface area contributed by atoms with Crippen molar-refractivity contribution in [1.82, 2.24) is 21.0 Å². The lowest BCUT2D eigenvalue weighted by atomic mass is 9.99. The fourth-order valence-electron chi connectivity index (χ4n) is 2.69. The molecular weight excluding hydrogens is 326 g/mol. The average Bonchev–Trinajstić information content (AvgIpc) is 3.17. The highest BCUT2D eigenvalue weighted by atomic mass is 32.1. The molecule has 4 N–H and O–H groups in total. The van der Waals surface area contributed by atoms with Gasteiger partial charge in [-0.3, -0.25) is 10.1 Å². The summed E-state index contributed by atoms with van der Waals surface area (Å²) in [6, 6.07) is 5.04. The van der Waals surface area contributed by atoms with Crippen LogP contribution in [-0.2, 0) is 11.2 Å². The van der Waals surface area contributed by atoms with E-state index in [0.717, 1.165) is 29.0 Å². The summed E-state index contributed by atoms with van der Waals surface area (Å²) in [6.07, 6.45) is 2.41. The molecule has 1 aromatic heterocycles. The Kier molecular flexibility index (Phi) is 5.08. The molecule has 0 bridgehead atoms. The Morgan fingerprint density at radius 1 is 1.42 bits per heavy atom. The number of aryl methyl sites for hydroxylation is 2. The van der Waals surface area contributed by atoms with Gasteiger partial charge in [0, 0.05) is 12.0 Å². The minimum atomic E-state index is -0.394. The number of phenols is 1. The van der Waals surface area contributed by atoms with Gasteiger partial charge in [0.15, 0.2) is 0 Å². The minimum absolute atomic E-state index is 0.119. The molecule has 0 spiro atoms. The predicted octanol–water partition coefficient (Wildman–Crippen LogP) is 2.05. The van der Waals surface area contributed by atoms with Gasteiger partial charge in [-0.15, -0.1) is 10.2 Å². The van der Waals surface area contributed by atoms with Crippen molar-refractivity contribution < 1.29 is 9.90 Å². The number of phenolic OH excluding ortho intramolecular Hbond substituents is 1. The largest absolute Gasteiger partial charge is 0.508 e. The van der Waals surface area contributed by atoms with Gasteiger partial charge in [-0.05, 0) is 31.4 Å². The second kappa shape index (κ2) is 7.25. The Morgan fingerprint density at radius 3 is 3.00 bits per heavy atom. The average molecular weight is 347 g/mol. The number of aromatic hydroxyl groups is 1. The smallest absolute Gasteiger partial charge is 0.244 e. The summed E-state index contributed by atoms with van der Waals surface area (Å²) in [5.74, 6) is 0.0829. The Bertz CT molecular complexity index is 733. The summed E-state index contributed by atoms with van der Waals surface area (Å²) in [4.78, 5) is 12.4. The van der Waals surface area contributed by atoms with Gasteiger partial charge in [0.1, 0.15) is 16.8 Å². The van der Waals surface area contributed by atoms with Crippen molar-refractivity contribution in [2.24, 2.45) is 0 Å². The summed E-state index contributed by atoms with van der Waals surface area (Å²) in [6.45, 7) is 4.00. The van der Waals surface area contributed by atoms with Crippen LogP contribution in [0, 0.1) is 6.92 Å². The molecule has 1 aromatic carbocycles. The first-order valence-corrected chi connectivity index (χ1v) is 8.82. The van der Waals surface area contributed by atoms with Crippen molar-refractivity contribution in [3.05, 3.63) is 34.3 Å². The van der Waals surface area contributed by atoms with Gasteiger partial charge >= 0.3 is 0 Å². The summed E-state index contributed by atoms with van der Waals surface area (Å²) < 4.78 is 0. The van der Waals surface area contributed by atoms with Crippen LogP contribution in [-0.4, -0.2) is 27.3 Å². The van der Waals surface area contributed by atoms with Crippen LogP contribution >= 0.6 is 11.3 Å². The van der Waals surface area contributed by atoms with Gasteiger partial charge in [0.05, 0.1) is 6.04 Å². The molecule has 2 atom stereocenters. The van der Waals surface area contributed by atoms with Crippen molar-refractivity contribution in [2.75, 3.05) is 5.32 Å². The lowest BCUT2D eigenvalue weighted by molar-refractivity contribution is -0.117. The highest BCUT2D eigenvalue weighted by molar-refractivity contribution is 7.15. The Hall–Kier alpha value is -2.03. The molecule has 2 heterocycles. The molecule has 2 aromatic rings. The molecule has 1 aliphatic rings. The standard InChI is InChI=1S/C16H21N5O2S/c1-3-4-14-20-21-16(24-14)17-15(23)12-8-11(18-19-12)10-6-5-9(2)7-13(10)22/h5-7,11-12,18-19,22H,3-4,8H2,1-2H3,(H,17,21,23). The number of carbonyl (C=O) groups is 1. The Labute approximate surface area is 144 Å². The van der Waals surface area contributed by atoms with E-state index in [-0.39, 0.29) is 17.7 Å². The number of amides is 1. The summed E-state index contributed by atoms with van der Waals surface area (Å²) in [7, 11) is 0. The number of hydrogen-bond acceptors (Lipinski definition) is 7. The van der Waals surface area contributed by atoms with Crippen molar-refractivity contribution in [1.29, 1.82) is 0 Å². The molecule has 24 heavy (non-hydrogen) atoms. The number of aromatic nitrogens is 2. The number of hydrazine groups is 1. The van der Waals surface area contributed by atoms with E-state index in [1.165, 1.54) is 11.3 Å². The maximum absolute atomic E-state index is 12.4. The van der Waals surface area contributed by atoms with E-state index >= 15 is 0 Å². The van der Waals surface area contributed by atoms with Crippen molar-refractivity contribution in [2.45, 2.75) is 45.2 Å². The second-order valence-electron chi connectivity index (χ2n) is 5.93. The number of benzene rings is 1. The Morgan fingerprint density at radius 2 is 2.25 bits per heavy atom. The van der Waals surface area contributed by atoms with E-state index < -0.39 is 6.04 Å². The molecular formula is C16H21N5O2S. The SMILES string of the molecule is CCCc1nnc(NC(=O)C2CC(c3ccc(C)cc3O)NN2)s1. The lowest BCUT2D eigenvalue weighted by Crippen LogP contribution is -2.39. The highest BCUT2D eigenvalue weighted by Crippen LogP contribution is 2.30. The normalized spacial score (nSPS) is 20.2. The van der Waals surface area contributed by atoms with Crippen LogP contribution in [0.2, 0.25) is 0 Å². The number of rotatable bonds is 5. The van der Waals surface area contributed by atoms with E-state index in [1.54, 1.807) is 6.07 Å². The van der Waals surface area contributed by atoms with Crippen LogP contribution in [0.4, 0.5) is 5.13 Å². The molecule has 8 heteroatoms. The number of nitrogens with zero attached hydrogens (tertiary/aromatic N) is 2. The molecule has 0 aliphatic carbocycles. The van der Waals surface area contributed by atoms with Crippen LogP contribution in [0.3, 0.4) is 0 Å². The molecule has 0 saturated carbocycles. The molecule has 1 aliphatic heterocycles. The molecule has 1 fully saturated rings. The highest BCUT2D eigenvalue weighted by Gasteiger charge is 2.31. The summed E-state index contributed by atoms with van der Waals surface area (Å²) >= 11 is 1.40. The van der Waals surface area contributed by atoms with E-state index in [9.17, 15) is 9.90 Å². The van der Waals surface area contributed by atoms with E-state index in [4.69, 9.17) is 0 Å². The monoisotopic (exact) mass is 347 g/mol. The van der Waals surface area contributed by atoms with Gasteiger partial charge in [0.2, 0.25) is 11.0 Å². The van der Waals surface area contributed by atoms with Gasteiger partial charge in [-0.25, -0.2) is 10.9 Å². The Balaban J connectivity index is 1.61. The van der Waals surface area contributed by atoms with Crippen LogP contribution in [0.25, 0.3) is 0 Å². The third kappa shape index (κ3) is 3.72. The number of nitrogens with one attached hydrogen (secondary N) is 3. The van der Waals surface area contributed by atoms with Crippen LogP contribution in [0.1, 0.15) is 41.9 Å². The maximum atomic E-state index is 12.4. The van der Waals surface area contributed by atoms with Crippen LogP contribution in [0.5, 0.6) is 5.75 Å². The van der Waals surface area contributed by atoms with Crippen LogP contribution in [0.15, 0.2) is 18.2 Å². The van der Waals surface area contributed by atoms with E-state index in [2.05, 4.69) is 33.3 Å². The third-order valence-electron chi connectivity index (χ3n) is 3.94. The van der Waals surface area contributed by atoms with Gasteiger partial charge in [-0.2, -0.15) is 0 Å². The number of carbonyl (C=O) groups excluding carboxylic acids is 1. The zero-order valence-corrected chi connectivity index (χ0v) is 14.5. The fraction of sp³-hybridized carbons (Fsp3) is 0.438. The number of anilines is 1. The van der Waals surface area contributed by atoms with Gasteiger partial charge in [-0.1, -0.05) is 30.4 Å². The topological polar surface area (TPSA) is 99.2 Å². The zero-order chi connectivity index (χ0) is 17.1. The molecule has 1 saturated heterocycles.